The zero-order chi connectivity index (χ0) is 22.6. The largest absolute Gasteiger partial charge is 0.281 e. The van der Waals surface area contributed by atoms with Gasteiger partial charge in [0, 0.05) is 33.6 Å². The number of halogens is 1. The zero-order valence-corrected chi connectivity index (χ0v) is 19.7. The molecule has 0 aliphatic heterocycles. The van der Waals surface area contributed by atoms with Crippen LogP contribution in [0.4, 0.5) is 0 Å². The molecule has 1 aliphatic rings. The Morgan fingerprint density at radius 3 is 2.78 bits per heavy atom. The first kappa shape index (κ1) is 22.8. The Kier molecular flexibility index (Phi) is 7.13. The van der Waals surface area contributed by atoms with Crippen LogP contribution in [-0.4, -0.2) is 18.6 Å². The van der Waals surface area contributed by atoms with E-state index in [0.29, 0.717) is 11.6 Å². The molecule has 0 saturated heterocycles. The van der Waals surface area contributed by atoms with Gasteiger partial charge in [0.05, 0.1) is 5.69 Å². The van der Waals surface area contributed by atoms with E-state index in [1.165, 1.54) is 11.0 Å². The van der Waals surface area contributed by atoms with Crippen molar-refractivity contribution < 1.29 is 8.42 Å². The number of fused-ring (bicyclic) bond motifs is 1. The first-order valence-corrected chi connectivity index (χ1v) is 12.9. The van der Waals surface area contributed by atoms with Gasteiger partial charge >= 0.3 is 0 Å². The van der Waals surface area contributed by atoms with Gasteiger partial charge in [-0.25, -0.2) is 13.1 Å². The van der Waals surface area contributed by atoms with Crippen LogP contribution in [0.2, 0.25) is 5.02 Å². The van der Waals surface area contributed by atoms with Gasteiger partial charge in [0.1, 0.15) is 0 Å². The lowest BCUT2D eigenvalue weighted by molar-refractivity contribution is 0.576. The molecule has 168 valence electrons. The minimum atomic E-state index is -3.61. The second kappa shape index (κ2) is 10.0. The lowest BCUT2D eigenvalue weighted by atomic mass is 9.91. The van der Waals surface area contributed by atoms with Crippen molar-refractivity contribution in [2.24, 2.45) is 0 Å². The van der Waals surface area contributed by atoms with Crippen LogP contribution in [0.25, 0.3) is 6.08 Å². The molecule has 0 radical (unpaired) electrons. The van der Waals surface area contributed by atoms with Crippen molar-refractivity contribution in [3.05, 3.63) is 93.1 Å². The maximum Gasteiger partial charge on any atom is 0.234 e. The summed E-state index contributed by atoms with van der Waals surface area (Å²) in [6, 6.07) is 17.2. The highest BCUT2D eigenvalue weighted by Crippen LogP contribution is 2.34. The summed E-state index contributed by atoms with van der Waals surface area (Å²) >= 11 is 6.17. The number of nitrogens with zero attached hydrogens (tertiary/aromatic N) is 1. The zero-order valence-electron chi connectivity index (χ0n) is 18.1. The second-order valence-corrected chi connectivity index (χ2v) is 10.4. The number of aromatic nitrogens is 2. The summed E-state index contributed by atoms with van der Waals surface area (Å²) in [5.74, 6) is 0.313. The average molecular weight is 470 g/mol. The van der Waals surface area contributed by atoms with Gasteiger partial charge in [0.25, 0.3) is 0 Å². The van der Waals surface area contributed by atoms with Crippen molar-refractivity contribution in [1.29, 1.82) is 0 Å². The summed E-state index contributed by atoms with van der Waals surface area (Å²) in [6.07, 6.45) is 6.65. The van der Waals surface area contributed by atoms with E-state index in [1.54, 1.807) is 6.08 Å². The van der Waals surface area contributed by atoms with Gasteiger partial charge in [0.15, 0.2) is 0 Å². The van der Waals surface area contributed by atoms with Crippen molar-refractivity contribution in [2.45, 2.75) is 51.0 Å². The van der Waals surface area contributed by atoms with Crippen molar-refractivity contribution >= 4 is 27.7 Å². The third kappa shape index (κ3) is 5.68. The van der Waals surface area contributed by atoms with Crippen molar-refractivity contribution in [2.75, 3.05) is 0 Å². The summed E-state index contributed by atoms with van der Waals surface area (Å²) in [5.41, 5.74) is 5.06. The predicted octanol–water partition coefficient (Wildman–Crippen LogP) is 5.77. The average Bonchev–Trinajstić information content (AvgIpc) is 3.07. The molecule has 32 heavy (non-hydrogen) atoms. The van der Waals surface area contributed by atoms with Gasteiger partial charge < -0.3 is 0 Å². The lowest BCUT2D eigenvalue weighted by Gasteiger charge is -2.14. The number of rotatable bonds is 7. The molecule has 7 heteroatoms. The Balaban J connectivity index is 1.51. The van der Waals surface area contributed by atoms with Crippen LogP contribution in [0.15, 0.2) is 60.0 Å². The number of H-pyrrole nitrogens is 1. The molecule has 2 N–H and O–H groups in total. The number of nitrogens with one attached hydrogen (secondary N) is 2. The maximum atomic E-state index is 12.6. The van der Waals surface area contributed by atoms with Gasteiger partial charge in [-0.2, -0.15) is 5.10 Å². The summed E-state index contributed by atoms with van der Waals surface area (Å²) in [7, 11) is -3.61. The fourth-order valence-electron chi connectivity index (χ4n) is 4.37. The number of hydrogen-bond donors (Lipinski definition) is 2. The van der Waals surface area contributed by atoms with Crippen LogP contribution in [0, 0.1) is 0 Å². The Labute approximate surface area is 195 Å². The first-order valence-electron chi connectivity index (χ1n) is 11.0. The molecule has 1 unspecified atom stereocenters. The molecule has 1 aromatic heterocycles. The Bertz CT molecular complexity index is 1190. The molecule has 1 heterocycles. The van der Waals surface area contributed by atoms with E-state index in [4.69, 9.17) is 11.6 Å². The van der Waals surface area contributed by atoms with Gasteiger partial charge in [-0.15, -0.1) is 0 Å². The van der Waals surface area contributed by atoms with Crippen LogP contribution < -0.4 is 4.72 Å². The van der Waals surface area contributed by atoms with E-state index in [-0.39, 0.29) is 6.04 Å². The number of sulfonamides is 1. The van der Waals surface area contributed by atoms with Crippen LogP contribution >= 0.6 is 11.6 Å². The van der Waals surface area contributed by atoms with E-state index in [9.17, 15) is 8.42 Å². The lowest BCUT2D eigenvalue weighted by Crippen LogP contribution is -2.24. The summed E-state index contributed by atoms with van der Waals surface area (Å²) in [4.78, 5) is 0. The Morgan fingerprint density at radius 2 is 2.00 bits per heavy atom. The normalized spacial score (nSPS) is 17.8. The molecule has 4 rings (SSSR count). The van der Waals surface area contributed by atoms with Crippen LogP contribution in [0.5, 0.6) is 0 Å². The molecule has 5 nitrogen and oxygen atoms in total. The Morgan fingerprint density at radius 1 is 1.19 bits per heavy atom. The van der Waals surface area contributed by atoms with Crippen LogP contribution in [0.3, 0.4) is 0 Å². The number of benzene rings is 2. The topological polar surface area (TPSA) is 74.8 Å². The van der Waals surface area contributed by atoms with Gasteiger partial charge in [0.2, 0.25) is 10.0 Å². The van der Waals surface area contributed by atoms with E-state index in [0.717, 1.165) is 53.9 Å². The summed E-state index contributed by atoms with van der Waals surface area (Å²) in [5, 5.41) is 9.63. The fourth-order valence-corrected chi connectivity index (χ4v) is 5.60. The maximum absolute atomic E-state index is 12.6. The van der Waals surface area contributed by atoms with Crippen molar-refractivity contribution in [1.82, 2.24) is 14.9 Å². The molecular formula is C25H28ClN3O2S. The molecule has 0 fully saturated rings. The number of aromatic amines is 1. The van der Waals surface area contributed by atoms with Crippen LogP contribution in [-0.2, 0) is 22.9 Å². The molecule has 1 aliphatic carbocycles. The summed E-state index contributed by atoms with van der Waals surface area (Å²) in [6.45, 7) is 1.84. The third-order valence-electron chi connectivity index (χ3n) is 5.99. The van der Waals surface area contributed by atoms with E-state index in [2.05, 4.69) is 21.0 Å². The highest BCUT2D eigenvalue weighted by molar-refractivity contribution is 7.92. The van der Waals surface area contributed by atoms with Crippen molar-refractivity contribution in [3.8, 4) is 0 Å². The molecule has 3 aromatic rings. The molecule has 2 aromatic carbocycles. The van der Waals surface area contributed by atoms with E-state index >= 15 is 0 Å². The highest BCUT2D eigenvalue weighted by Gasteiger charge is 2.24. The smallest absolute Gasteiger partial charge is 0.234 e. The Hall–Kier alpha value is -2.41. The minimum absolute atomic E-state index is 0.313. The second-order valence-electron chi connectivity index (χ2n) is 8.38. The first-order chi connectivity index (χ1) is 15.4. The van der Waals surface area contributed by atoms with Gasteiger partial charge in [-0.3, -0.25) is 5.10 Å². The highest BCUT2D eigenvalue weighted by atomic mass is 35.5. The molecule has 0 saturated carbocycles. The standard InChI is InChI=1S/C25H28ClN3O2S/c1-18(20-9-3-2-4-10-20)29-32(30,31)15-14-24-23-13-6-5-11-21(25(23)28-27-24)16-19-8-7-12-22(26)17-19/h2-4,7-10,12,14-15,17-18,21,29H,5-6,11,13,16H2,1H3,(H,27,28)/t18-,21?/m0/s1. The SMILES string of the molecule is C[C@H](NS(=O)(=O)C=Cc1n[nH]c2c1CCCCC2Cc1cccc(Cl)c1)c1ccccc1. The predicted molar refractivity (Wildman–Crippen MR) is 130 cm³/mol. The summed E-state index contributed by atoms with van der Waals surface area (Å²) < 4.78 is 28.0. The van der Waals surface area contributed by atoms with Crippen molar-refractivity contribution in [3.63, 3.8) is 0 Å². The molecule has 0 spiro atoms. The molecule has 0 amide bonds. The monoisotopic (exact) mass is 469 g/mol. The number of hydrogen-bond acceptors (Lipinski definition) is 3. The van der Waals surface area contributed by atoms with E-state index < -0.39 is 10.0 Å². The fraction of sp³-hybridized carbons (Fsp3) is 0.320. The van der Waals surface area contributed by atoms with Gasteiger partial charge in [-0.05, 0) is 61.9 Å². The third-order valence-corrected chi connectivity index (χ3v) is 7.40. The van der Waals surface area contributed by atoms with E-state index in [1.807, 2.05) is 55.5 Å². The van der Waals surface area contributed by atoms with Gasteiger partial charge in [-0.1, -0.05) is 60.5 Å². The quantitative estimate of drug-likeness (QED) is 0.431. The molecule has 0 bridgehead atoms. The van der Waals surface area contributed by atoms with Crippen LogP contribution in [0.1, 0.15) is 66.2 Å². The molecular weight excluding hydrogens is 442 g/mol. The minimum Gasteiger partial charge on any atom is -0.281 e. The molecule has 2 atom stereocenters.